The van der Waals surface area contributed by atoms with Crippen LogP contribution in [0.25, 0.3) is 0 Å². The van der Waals surface area contributed by atoms with E-state index in [-0.39, 0.29) is 0 Å². The third-order valence-electron chi connectivity index (χ3n) is 13.8. The van der Waals surface area contributed by atoms with Crippen LogP contribution in [0.4, 0.5) is 11.4 Å². The molecule has 0 saturated heterocycles. The number of methoxy groups -OCH3 is 2. The summed E-state index contributed by atoms with van der Waals surface area (Å²) in [5.74, 6) is 7.53. The van der Waals surface area contributed by atoms with Crippen molar-refractivity contribution in [2.45, 2.75) is 117 Å². The maximum absolute atomic E-state index is 5.51. The molecule has 4 aliphatic carbocycles. The standard InChI is InChI=1S/C41H62N2O2/c1-27(2)9-8-10-28(3)35-19-20-36-39-37(22-24-41(35,36)5)40(4)23-21-32(42-30-11-15-33(44-6)16-12-30)25-29(40)26-38(39)43-31-13-17-34(45-7)18-14-31/h11-18,27-29,32,35-39,42-43H,8-10,19-26H2,1-7H3/t28-,29-,32-,35-,36+,37+,38-,39+,40+,41-/m1/s1. The number of hydrogen-bond acceptors (Lipinski definition) is 4. The van der Waals surface area contributed by atoms with Crippen LogP contribution in [-0.2, 0) is 0 Å². The molecular weight excluding hydrogens is 552 g/mol. The Morgan fingerprint density at radius 1 is 0.711 bits per heavy atom. The summed E-state index contributed by atoms with van der Waals surface area (Å²) in [6.07, 6.45) is 15.1. The largest absolute Gasteiger partial charge is 0.497 e. The minimum absolute atomic E-state index is 0.434. The SMILES string of the molecule is COc1ccc(N[C@@H]2CC[C@@]3(C)[C@H](C2)C[C@@H](Nc2ccc(OC)cc2)[C@@H]2[C@@H]3CC[C@]3(C)[C@@H]([C@H](C)CCCC(C)C)CC[C@@H]23)cc1. The van der Waals surface area contributed by atoms with Crippen molar-refractivity contribution in [2.75, 3.05) is 24.9 Å². The van der Waals surface area contributed by atoms with Crippen molar-refractivity contribution in [3.63, 3.8) is 0 Å². The van der Waals surface area contributed by atoms with E-state index in [9.17, 15) is 0 Å². The first-order valence-electron chi connectivity index (χ1n) is 18.5. The molecule has 4 aliphatic rings. The molecule has 2 N–H and O–H groups in total. The fourth-order valence-electron chi connectivity index (χ4n) is 11.4. The van der Waals surface area contributed by atoms with Crippen LogP contribution in [0.1, 0.15) is 105 Å². The molecule has 0 amide bonds. The average molecular weight is 615 g/mol. The van der Waals surface area contributed by atoms with E-state index < -0.39 is 0 Å². The number of hydrogen-bond donors (Lipinski definition) is 2. The summed E-state index contributed by atoms with van der Waals surface area (Å²) < 4.78 is 10.9. The molecule has 0 radical (unpaired) electrons. The monoisotopic (exact) mass is 614 g/mol. The number of ether oxygens (including phenoxy) is 2. The zero-order valence-electron chi connectivity index (χ0n) is 29.4. The number of benzene rings is 2. The first-order valence-corrected chi connectivity index (χ1v) is 18.5. The Hall–Kier alpha value is -2.36. The smallest absolute Gasteiger partial charge is 0.119 e. The lowest BCUT2D eigenvalue weighted by Gasteiger charge is -2.63. The lowest BCUT2D eigenvalue weighted by atomic mass is 9.43. The van der Waals surface area contributed by atoms with Gasteiger partial charge in [-0.2, -0.15) is 0 Å². The molecule has 6 rings (SSSR count). The summed E-state index contributed by atoms with van der Waals surface area (Å²) >= 11 is 0. The van der Waals surface area contributed by atoms with Crippen LogP contribution >= 0.6 is 0 Å². The van der Waals surface area contributed by atoms with E-state index in [0.717, 1.165) is 52.9 Å². The molecule has 4 nitrogen and oxygen atoms in total. The van der Waals surface area contributed by atoms with Gasteiger partial charge < -0.3 is 20.1 Å². The summed E-state index contributed by atoms with van der Waals surface area (Å²) in [5.41, 5.74) is 3.40. The Morgan fingerprint density at radius 3 is 1.93 bits per heavy atom. The Balaban J connectivity index is 1.24. The van der Waals surface area contributed by atoms with E-state index in [4.69, 9.17) is 9.47 Å². The zero-order chi connectivity index (χ0) is 31.8. The van der Waals surface area contributed by atoms with Crippen LogP contribution in [0.5, 0.6) is 11.5 Å². The van der Waals surface area contributed by atoms with Gasteiger partial charge >= 0.3 is 0 Å². The zero-order valence-corrected chi connectivity index (χ0v) is 29.4. The quantitative estimate of drug-likeness (QED) is 0.264. The maximum atomic E-state index is 5.51. The molecule has 10 atom stereocenters. The van der Waals surface area contributed by atoms with Gasteiger partial charge in [-0.15, -0.1) is 0 Å². The number of nitrogens with one attached hydrogen (secondary N) is 2. The fraction of sp³-hybridized carbons (Fsp3) is 0.707. The third kappa shape index (κ3) is 6.46. The average Bonchev–Trinajstić information content (AvgIpc) is 3.39. The second kappa shape index (κ2) is 13.4. The van der Waals surface area contributed by atoms with Gasteiger partial charge in [-0.1, -0.05) is 53.9 Å². The highest BCUT2D eigenvalue weighted by atomic mass is 16.5. The van der Waals surface area contributed by atoms with Gasteiger partial charge in [-0.25, -0.2) is 0 Å². The van der Waals surface area contributed by atoms with E-state index in [1.54, 1.807) is 14.2 Å². The first kappa shape index (κ1) is 32.6. The third-order valence-corrected chi connectivity index (χ3v) is 13.8. The summed E-state index contributed by atoms with van der Waals surface area (Å²) in [6.45, 7) is 12.8. The topological polar surface area (TPSA) is 42.5 Å². The van der Waals surface area contributed by atoms with Gasteiger partial charge in [-0.3, -0.25) is 0 Å². The lowest BCUT2D eigenvalue weighted by Crippen LogP contribution is -2.60. The highest BCUT2D eigenvalue weighted by Crippen LogP contribution is 2.68. The molecular formula is C41H62N2O2. The Kier molecular flexibility index (Phi) is 9.70. The van der Waals surface area contributed by atoms with Crippen molar-refractivity contribution < 1.29 is 9.47 Å². The minimum atomic E-state index is 0.434. The predicted octanol–water partition coefficient (Wildman–Crippen LogP) is 10.7. The molecule has 0 bridgehead atoms. The number of fused-ring (bicyclic) bond motifs is 5. The molecule has 4 heteroatoms. The molecule has 45 heavy (non-hydrogen) atoms. The van der Waals surface area contributed by atoms with E-state index in [2.05, 4.69) is 93.8 Å². The molecule has 248 valence electrons. The highest BCUT2D eigenvalue weighted by molar-refractivity contribution is 5.48. The van der Waals surface area contributed by atoms with Gasteiger partial charge in [-0.05, 0) is 152 Å². The normalized spacial score (nSPS) is 36.4. The fourth-order valence-corrected chi connectivity index (χ4v) is 11.4. The van der Waals surface area contributed by atoms with Crippen LogP contribution < -0.4 is 20.1 Å². The molecule has 0 aliphatic heterocycles. The van der Waals surface area contributed by atoms with Crippen molar-refractivity contribution in [1.29, 1.82) is 0 Å². The second-order valence-electron chi connectivity index (χ2n) is 16.6. The molecule has 2 aromatic rings. The number of rotatable bonds is 11. The second-order valence-corrected chi connectivity index (χ2v) is 16.6. The highest BCUT2D eigenvalue weighted by Gasteiger charge is 2.63. The van der Waals surface area contributed by atoms with Gasteiger partial charge in [0, 0.05) is 23.5 Å². The molecule has 0 unspecified atom stereocenters. The lowest BCUT2D eigenvalue weighted by molar-refractivity contribution is -0.120. The van der Waals surface area contributed by atoms with Gasteiger partial charge in [0.25, 0.3) is 0 Å². The van der Waals surface area contributed by atoms with Crippen molar-refractivity contribution in [3.05, 3.63) is 48.5 Å². The summed E-state index contributed by atoms with van der Waals surface area (Å²) in [6, 6.07) is 18.3. The summed E-state index contributed by atoms with van der Waals surface area (Å²) in [5, 5.41) is 8.12. The Labute approximate surface area is 274 Å². The molecule has 2 aromatic carbocycles. The van der Waals surface area contributed by atoms with Crippen LogP contribution in [0, 0.1) is 52.3 Å². The van der Waals surface area contributed by atoms with Gasteiger partial charge in [0.2, 0.25) is 0 Å². The molecule has 0 spiro atoms. The van der Waals surface area contributed by atoms with Crippen LogP contribution in [0.2, 0.25) is 0 Å². The molecule has 4 saturated carbocycles. The van der Waals surface area contributed by atoms with E-state index in [1.807, 2.05) is 0 Å². The van der Waals surface area contributed by atoms with Crippen molar-refractivity contribution in [2.24, 2.45) is 52.3 Å². The Morgan fingerprint density at radius 2 is 1.31 bits per heavy atom. The van der Waals surface area contributed by atoms with E-state index in [0.29, 0.717) is 22.9 Å². The van der Waals surface area contributed by atoms with Gasteiger partial charge in [0.1, 0.15) is 11.5 Å². The summed E-state index contributed by atoms with van der Waals surface area (Å²) in [4.78, 5) is 0. The summed E-state index contributed by atoms with van der Waals surface area (Å²) in [7, 11) is 3.50. The van der Waals surface area contributed by atoms with Crippen LogP contribution in [0.15, 0.2) is 48.5 Å². The molecule has 0 heterocycles. The number of anilines is 2. The van der Waals surface area contributed by atoms with Gasteiger partial charge in [0.15, 0.2) is 0 Å². The van der Waals surface area contributed by atoms with Crippen LogP contribution in [-0.4, -0.2) is 26.3 Å². The van der Waals surface area contributed by atoms with Crippen molar-refractivity contribution in [1.82, 2.24) is 0 Å². The van der Waals surface area contributed by atoms with Crippen molar-refractivity contribution in [3.8, 4) is 11.5 Å². The van der Waals surface area contributed by atoms with E-state index in [1.165, 1.54) is 82.0 Å². The minimum Gasteiger partial charge on any atom is -0.497 e. The first-order chi connectivity index (χ1) is 21.6. The molecule has 4 fully saturated rings. The predicted molar refractivity (Wildman–Crippen MR) is 189 cm³/mol. The maximum Gasteiger partial charge on any atom is 0.119 e. The van der Waals surface area contributed by atoms with E-state index >= 15 is 0 Å². The Bertz CT molecular complexity index is 1240. The van der Waals surface area contributed by atoms with Crippen LogP contribution in [0.3, 0.4) is 0 Å². The molecule has 0 aromatic heterocycles. The van der Waals surface area contributed by atoms with Gasteiger partial charge in [0.05, 0.1) is 14.2 Å². The van der Waals surface area contributed by atoms with Crippen molar-refractivity contribution >= 4 is 11.4 Å².